The third-order valence-corrected chi connectivity index (χ3v) is 2.18. The van der Waals surface area contributed by atoms with Crippen LogP contribution in [0.5, 0.6) is 0 Å². The van der Waals surface area contributed by atoms with E-state index in [1.165, 1.54) is 25.1 Å². The average Bonchev–Trinajstić information content (AvgIpc) is 2.30. The van der Waals surface area contributed by atoms with Gasteiger partial charge in [-0.15, -0.1) is 0 Å². The Morgan fingerprint density at radius 1 is 1.47 bits per heavy atom. The Hall–Kier alpha value is -1.56. The van der Waals surface area contributed by atoms with E-state index >= 15 is 0 Å². The molecule has 1 aromatic carbocycles. The lowest BCUT2D eigenvalue weighted by Gasteiger charge is -2.14. The van der Waals surface area contributed by atoms with E-state index in [1.807, 2.05) is 5.32 Å². The second kappa shape index (κ2) is 5.18. The molecule has 0 unspecified atom stereocenters. The van der Waals surface area contributed by atoms with E-state index in [9.17, 15) is 18.0 Å². The van der Waals surface area contributed by atoms with Gasteiger partial charge in [0.05, 0.1) is 12.1 Å². The summed E-state index contributed by atoms with van der Waals surface area (Å²) < 4.78 is 38.8. The van der Waals surface area contributed by atoms with Gasteiger partial charge in [-0.2, -0.15) is 0 Å². The van der Waals surface area contributed by atoms with Crippen LogP contribution in [-0.4, -0.2) is 30.1 Å². The minimum Gasteiger partial charge on any atom is -0.390 e. The molecule has 0 saturated heterocycles. The predicted octanol–water partition coefficient (Wildman–Crippen LogP) is 1.49. The summed E-state index contributed by atoms with van der Waals surface area (Å²) in [5.74, 6) is -5.08. The summed E-state index contributed by atoms with van der Waals surface area (Å²) in [5.41, 5.74) is -0.0368. The van der Waals surface area contributed by atoms with Crippen LogP contribution in [-0.2, 0) is 0 Å². The van der Waals surface area contributed by atoms with E-state index in [2.05, 4.69) is 0 Å². The number of hydrogen-bond donors (Lipinski definition) is 2. The van der Waals surface area contributed by atoms with Crippen molar-refractivity contribution in [1.29, 1.82) is 0 Å². The number of hydrogen-bond acceptors (Lipinski definition) is 2. The number of alkyl halides is 2. The Kier molecular flexibility index (Phi) is 4.11. The number of aliphatic hydroxyl groups excluding tert-OH is 1. The Labute approximate surface area is 96.3 Å². The van der Waals surface area contributed by atoms with Crippen LogP contribution in [0.1, 0.15) is 15.9 Å². The van der Waals surface area contributed by atoms with E-state index in [-0.39, 0.29) is 11.1 Å². The molecule has 0 heterocycles. The van der Waals surface area contributed by atoms with Crippen LogP contribution in [0.15, 0.2) is 18.2 Å². The maximum Gasteiger partial charge on any atom is 0.287 e. The fourth-order valence-electron chi connectivity index (χ4n) is 1.18. The molecule has 6 heteroatoms. The SMILES string of the molecule is Cc1cccc(C(=O)NCC(F)(F)CO)c1F. The fourth-order valence-corrected chi connectivity index (χ4v) is 1.18. The van der Waals surface area contributed by atoms with Gasteiger partial charge in [0.2, 0.25) is 0 Å². The molecule has 0 fully saturated rings. The number of benzene rings is 1. The van der Waals surface area contributed by atoms with E-state index in [4.69, 9.17) is 5.11 Å². The summed E-state index contributed by atoms with van der Waals surface area (Å²) in [7, 11) is 0. The first kappa shape index (κ1) is 13.5. The highest BCUT2D eigenvalue weighted by molar-refractivity contribution is 5.94. The second-order valence-electron chi connectivity index (χ2n) is 3.63. The number of rotatable bonds is 4. The number of amides is 1. The fraction of sp³-hybridized carbons (Fsp3) is 0.364. The molecule has 0 aliphatic rings. The van der Waals surface area contributed by atoms with Gasteiger partial charge in [-0.25, -0.2) is 13.2 Å². The second-order valence-corrected chi connectivity index (χ2v) is 3.63. The molecule has 0 radical (unpaired) electrons. The number of nitrogens with one attached hydrogen (secondary N) is 1. The maximum absolute atomic E-state index is 13.5. The first-order chi connectivity index (χ1) is 7.87. The molecule has 3 nitrogen and oxygen atoms in total. The minimum atomic E-state index is -3.41. The van der Waals surface area contributed by atoms with Gasteiger partial charge in [0, 0.05) is 0 Å². The molecule has 0 atom stereocenters. The topological polar surface area (TPSA) is 49.3 Å². The van der Waals surface area contributed by atoms with Gasteiger partial charge in [-0.1, -0.05) is 12.1 Å². The molecule has 0 aromatic heterocycles. The van der Waals surface area contributed by atoms with Crippen LogP contribution in [0.4, 0.5) is 13.2 Å². The summed E-state index contributed by atoms with van der Waals surface area (Å²) in [6, 6.07) is 4.13. The van der Waals surface area contributed by atoms with E-state index in [0.717, 1.165) is 0 Å². The summed E-state index contributed by atoms with van der Waals surface area (Å²) in [5, 5.41) is 10.2. The number of carbonyl (C=O) groups is 1. The molecule has 1 amide bonds. The van der Waals surface area contributed by atoms with Gasteiger partial charge in [-0.3, -0.25) is 4.79 Å². The lowest BCUT2D eigenvalue weighted by Crippen LogP contribution is -2.39. The van der Waals surface area contributed by atoms with Crippen molar-refractivity contribution in [3.8, 4) is 0 Å². The zero-order valence-corrected chi connectivity index (χ0v) is 9.14. The molecule has 1 rings (SSSR count). The van der Waals surface area contributed by atoms with Crippen molar-refractivity contribution in [3.63, 3.8) is 0 Å². The highest BCUT2D eigenvalue weighted by atomic mass is 19.3. The van der Waals surface area contributed by atoms with Gasteiger partial charge >= 0.3 is 0 Å². The van der Waals surface area contributed by atoms with E-state index in [1.54, 1.807) is 0 Å². The molecule has 0 saturated carbocycles. The summed E-state index contributed by atoms with van der Waals surface area (Å²) in [6.07, 6.45) is 0. The summed E-state index contributed by atoms with van der Waals surface area (Å²) in [6.45, 7) is -0.937. The van der Waals surface area contributed by atoms with E-state index < -0.39 is 30.8 Å². The molecule has 2 N–H and O–H groups in total. The van der Waals surface area contributed by atoms with Gasteiger partial charge in [0.25, 0.3) is 11.8 Å². The average molecular weight is 247 g/mol. The summed E-state index contributed by atoms with van der Waals surface area (Å²) >= 11 is 0. The molecule has 94 valence electrons. The number of aliphatic hydroxyl groups is 1. The largest absolute Gasteiger partial charge is 0.390 e. The summed E-state index contributed by atoms with van der Waals surface area (Å²) in [4.78, 5) is 11.4. The monoisotopic (exact) mass is 247 g/mol. The van der Waals surface area contributed by atoms with Crippen LogP contribution in [0.3, 0.4) is 0 Å². The number of carbonyl (C=O) groups excluding carboxylic acids is 1. The third-order valence-electron chi connectivity index (χ3n) is 2.18. The van der Waals surface area contributed by atoms with Crippen molar-refractivity contribution >= 4 is 5.91 Å². The molecule has 0 aliphatic heterocycles. The van der Waals surface area contributed by atoms with Gasteiger partial charge in [-0.05, 0) is 18.6 Å². The smallest absolute Gasteiger partial charge is 0.287 e. The van der Waals surface area contributed by atoms with E-state index in [0.29, 0.717) is 0 Å². The number of aryl methyl sites for hydroxylation is 1. The molecule has 17 heavy (non-hydrogen) atoms. The highest BCUT2D eigenvalue weighted by Gasteiger charge is 2.28. The maximum atomic E-state index is 13.5. The Bertz CT molecular complexity index is 421. The molecule has 1 aromatic rings. The molecule has 0 aliphatic carbocycles. The first-order valence-electron chi connectivity index (χ1n) is 4.89. The molecular formula is C11H12F3NO2. The minimum absolute atomic E-state index is 0.256. The van der Waals surface area contributed by atoms with Crippen molar-refractivity contribution in [2.75, 3.05) is 13.2 Å². The molecule has 0 bridgehead atoms. The molecular weight excluding hydrogens is 235 g/mol. The van der Waals surface area contributed by atoms with Crippen LogP contribution >= 0.6 is 0 Å². The van der Waals surface area contributed by atoms with Crippen molar-refractivity contribution in [1.82, 2.24) is 5.32 Å². The predicted molar refractivity (Wildman–Crippen MR) is 55.5 cm³/mol. The zero-order valence-electron chi connectivity index (χ0n) is 9.14. The van der Waals surface area contributed by atoms with Crippen molar-refractivity contribution in [2.45, 2.75) is 12.8 Å². The Balaban J connectivity index is 2.74. The Morgan fingerprint density at radius 2 is 2.12 bits per heavy atom. The van der Waals surface area contributed by atoms with Crippen molar-refractivity contribution in [3.05, 3.63) is 35.1 Å². The van der Waals surface area contributed by atoms with Crippen molar-refractivity contribution < 1.29 is 23.1 Å². The van der Waals surface area contributed by atoms with Gasteiger partial charge < -0.3 is 10.4 Å². The zero-order chi connectivity index (χ0) is 13.1. The van der Waals surface area contributed by atoms with Gasteiger partial charge in [0.1, 0.15) is 12.4 Å². The molecule has 0 spiro atoms. The van der Waals surface area contributed by atoms with Gasteiger partial charge in [0.15, 0.2) is 0 Å². The van der Waals surface area contributed by atoms with Crippen molar-refractivity contribution in [2.24, 2.45) is 0 Å². The number of halogens is 3. The van der Waals surface area contributed by atoms with Crippen LogP contribution in [0.25, 0.3) is 0 Å². The van der Waals surface area contributed by atoms with Crippen LogP contribution in [0.2, 0.25) is 0 Å². The van der Waals surface area contributed by atoms with Crippen LogP contribution < -0.4 is 5.32 Å². The highest BCUT2D eigenvalue weighted by Crippen LogP contribution is 2.13. The lowest BCUT2D eigenvalue weighted by molar-refractivity contribution is -0.0462. The normalized spacial score (nSPS) is 11.4. The third kappa shape index (κ3) is 3.45. The standard InChI is InChI=1S/C11H12F3NO2/c1-7-3-2-4-8(9(7)12)10(17)15-5-11(13,14)6-16/h2-4,16H,5-6H2,1H3,(H,15,17). The quantitative estimate of drug-likeness (QED) is 0.847. The Morgan fingerprint density at radius 3 is 2.71 bits per heavy atom. The first-order valence-corrected chi connectivity index (χ1v) is 4.89. The lowest BCUT2D eigenvalue weighted by atomic mass is 10.1. The van der Waals surface area contributed by atoms with Crippen LogP contribution in [0, 0.1) is 12.7 Å².